The Labute approximate surface area is 202 Å². The van der Waals surface area contributed by atoms with Crippen molar-refractivity contribution in [2.45, 2.75) is 117 Å². The lowest BCUT2D eigenvalue weighted by Crippen LogP contribution is -2.53. The van der Waals surface area contributed by atoms with Crippen molar-refractivity contribution in [1.29, 1.82) is 0 Å². The van der Waals surface area contributed by atoms with E-state index in [1.54, 1.807) is 6.92 Å². The van der Waals surface area contributed by atoms with Gasteiger partial charge >= 0.3 is 0 Å². The molecule has 0 aromatic carbocycles. The van der Waals surface area contributed by atoms with Gasteiger partial charge in [-0.15, -0.1) is 0 Å². The summed E-state index contributed by atoms with van der Waals surface area (Å²) in [6, 6.07) is 0. The number of hydrogen-bond donors (Lipinski definition) is 2. The van der Waals surface area contributed by atoms with E-state index >= 15 is 0 Å². The highest BCUT2D eigenvalue weighted by molar-refractivity contribution is 7.86. The molecule has 4 aliphatic rings. The summed E-state index contributed by atoms with van der Waals surface area (Å²) >= 11 is 0. The minimum Gasteiger partial charge on any atom is -0.338 e. The van der Waals surface area contributed by atoms with Gasteiger partial charge in [-0.2, -0.15) is 8.42 Å². The van der Waals surface area contributed by atoms with Crippen LogP contribution in [-0.4, -0.2) is 24.3 Å². The molecule has 2 unspecified atom stereocenters. The van der Waals surface area contributed by atoms with Gasteiger partial charge in [0.15, 0.2) is 5.37 Å². The highest BCUT2D eigenvalue weighted by Crippen LogP contribution is 2.68. The van der Waals surface area contributed by atoms with Crippen LogP contribution in [0.1, 0.15) is 111 Å². The minimum absolute atomic E-state index is 0.171. The molecule has 0 aromatic heterocycles. The van der Waals surface area contributed by atoms with E-state index in [0.29, 0.717) is 29.1 Å². The summed E-state index contributed by atoms with van der Waals surface area (Å²) in [5.41, 5.74) is 0.961. The zero-order valence-electron chi connectivity index (χ0n) is 21.3. The van der Waals surface area contributed by atoms with Crippen molar-refractivity contribution in [3.8, 4) is 0 Å². The third kappa shape index (κ3) is 4.64. The second-order valence-corrected chi connectivity index (χ2v) is 14.2. The number of amides is 1. The second-order valence-electron chi connectivity index (χ2n) is 12.6. The van der Waals surface area contributed by atoms with Gasteiger partial charge in [0.2, 0.25) is 5.91 Å². The van der Waals surface area contributed by atoms with Gasteiger partial charge in [0.1, 0.15) is 0 Å². The summed E-state index contributed by atoms with van der Waals surface area (Å²) in [6.07, 6.45) is 15.3. The van der Waals surface area contributed by atoms with Gasteiger partial charge < -0.3 is 5.32 Å². The molecule has 4 saturated carbocycles. The average Bonchev–Trinajstić information content (AvgIpc) is 3.11. The highest BCUT2D eigenvalue weighted by atomic mass is 32.2. The van der Waals surface area contributed by atoms with E-state index in [1.165, 1.54) is 64.2 Å². The standard InChI is InChI=1S/C27H47NO4S/c1-5-25(33(30,31)32)28-24(29)14-9-18(2)21-12-13-22-20-11-10-19-8-6-7-16-26(19,3)23(20)15-17-27(21,22)4/h18-23,25H,5-17H2,1-4H3,(H,28,29)(H,30,31,32)/t18-,19?,20+,21-,22+,23+,25?,26+,27-/m1/s1. The second kappa shape index (κ2) is 9.44. The predicted octanol–water partition coefficient (Wildman–Crippen LogP) is 6.19. The molecule has 2 N–H and O–H groups in total. The number of carbonyl (C=O) groups excluding carboxylic acids is 1. The Morgan fingerprint density at radius 1 is 1.00 bits per heavy atom. The van der Waals surface area contributed by atoms with Crippen LogP contribution in [0.4, 0.5) is 0 Å². The van der Waals surface area contributed by atoms with Gasteiger partial charge in [0.05, 0.1) is 0 Å². The summed E-state index contributed by atoms with van der Waals surface area (Å²) in [5.74, 6) is 4.44. The maximum absolute atomic E-state index is 12.4. The van der Waals surface area contributed by atoms with Crippen LogP contribution in [0.3, 0.4) is 0 Å². The molecule has 0 spiro atoms. The molecule has 190 valence electrons. The number of rotatable bonds is 7. The molecule has 4 fully saturated rings. The molecule has 1 amide bonds. The van der Waals surface area contributed by atoms with Crippen LogP contribution in [0.15, 0.2) is 0 Å². The van der Waals surface area contributed by atoms with Crippen molar-refractivity contribution in [3.63, 3.8) is 0 Å². The van der Waals surface area contributed by atoms with E-state index in [0.717, 1.165) is 30.1 Å². The molecule has 0 saturated heterocycles. The van der Waals surface area contributed by atoms with Crippen molar-refractivity contribution in [1.82, 2.24) is 5.32 Å². The van der Waals surface area contributed by atoms with Gasteiger partial charge in [0, 0.05) is 6.42 Å². The van der Waals surface area contributed by atoms with Crippen LogP contribution in [-0.2, 0) is 14.9 Å². The summed E-state index contributed by atoms with van der Waals surface area (Å²) in [5, 5.41) is 1.32. The van der Waals surface area contributed by atoms with Gasteiger partial charge in [-0.3, -0.25) is 9.35 Å². The molecule has 6 heteroatoms. The normalized spacial score (nSPS) is 42.5. The smallest absolute Gasteiger partial charge is 0.286 e. The molecule has 0 bridgehead atoms. The lowest BCUT2D eigenvalue weighted by molar-refractivity contribution is -0.122. The first-order valence-electron chi connectivity index (χ1n) is 13.8. The molecule has 9 atom stereocenters. The van der Waals surface area contributed by atoms with Crippen LogP contribution >= 0.6 is 0 Å². The summed E-state index contributed by atoms with van der Waals surface area (Å²) < 4.78 is 32.1. The summed E-state index contributed by atoms with van der Waals surface area (Å²) in [7, 11) is -4.25. The Morgan fingerprint density at radius 2 is 1.73 bits per heavy atom. The van der Waals surface area contributed by atoms with E-state index in [-0.39, 0.29) is 12.3 Å². The van der Waals surface area contributed by atoms with Gasteiger partial charge in [-0.05, 0) is 111 Å². The largest absolute Gasteiger partial charge is 0.338 e. The highest BCUT2D eigenvalue weighted by Gasteiger charge is 2.60. The Hall–Kier alpha value is -0.620. The molecular weight excluding hydrogens is 434 g/mol. The maximum Gasteiger partial charge on any atom is 0.286 e. The Bertz CT molecular complexity index is 828. The van der Waals surface area contributed by atoms with Crippen LogP contribution in [0.2, 0.25) is 0 Å². The van der Waals surface area contributed by atoms with E-state index in [4.69, 9.17) is 0 Å². The maximum atomic E-state index is 12.4. The fourth-order valence-electron chi connectivity index (χ4n) is 9.47. The number of fused-ring (bicyclic) bond motifs is 5. The first-order chi connectivity index (χ1) is 15.5. The molecule has 0 aromatic rings. The van der Waals surface area contributed by atoms with Crippen LogP contribution < -0.4 is 5.32 Å². The van der Waals surface area contributed by atoms with Crippen LogP contribution in [0, 0.1) is 46.3 Å². The van der Waals surface area contributed by atoms with Crippen molar-refractivity contribution in [2.75, 3.05) is 0 Å². The molecule has 5 nitrogen and oxygen atoms in total. The third-order valence-electron chi connectivity index (χ3n) is 11.2. The molecule has 4 rings (SSSR count). The molecule has 4 aliphatic carbocycles. The van der Waals surface area contributed by atoms with Gasteiger partial charge in [-0.25, -0.2) is 0 Å². The van der Waals surface area contributed by atoms with Crippen LogP contribution in [0.5, 0.6) is 0 Å². The lowest BCUT2D eigenvalue weighted by atomic mass is 9.44. The number of carbonyl (C=O) groups is 1. The monoisotopic (exact) mass is 481 g/mol. The molecule has 0 radical (unpaired) electrons. The van der Waals surface area contributed by atoms with E-state index < -0.39 is 15.5 Å². The first kappa shape index (κ1) is 25.5. The first-order valence-corrected chi connectivity index (χ1v) is 15.3. The molecule has 0 aliphatic heterocycles. The lowest BCUT2D eigenvalue weighted by Gasteiger charge is -2.61. The quantitative estimate of drug-likeness (QED) is 0.425. The van der Waals surface area contributed by atoms with Gasteiger partial charge in [0.25, 0.3) is 10.1 Å². The topological polar surface area (TPSA) is 83.5 Å². The average molecular weight is 482 g/mol. The molecular formula is C27H47NO4S. The van der Waals surface area contributed by atoms with Gasteiger partial charge in [-0.1, -0.05) is 40.5 Å². The van der Waals surface area contributed by atoms with Crippen molar-refractivity contribution >= 4 is 16.0 Å². The number of hydrogen-bond acceptors (Lipinski definition) is 3. The van der Waals surface area contributed by atoms with E-state index in [2.05, 4.69) is 26.1 Å². The van der Waals surface area contributed by atoms with E-state index in [9.17, 15) is 17.8 Å². The van der Waals surface area contributed by atoms with Crippen molar-refractivity contribution < 1.29 is 17.8 Å². The van der Waals surface area contributed by atoms with Crippen LogP contribution in [0.25, 0.3) is 0 Å². The molecule has 0 heterocycles. The third-order valence-corrected chi connectivity index (χ3v) is 12.4. The fourth-order valence-corrected chi connectivity index (χ4v) is 10.2. The number of nitrogens with one attached hydrogen (secondary N) is 1. The van der Waals surface area contributed by atoms with Crippen molar-refractivity contribution in [2.24, 2.45) is 46.3 Å². The predicted molar refractivity (Wildman–Crippen MR) is 132 cm³/mol. The Morgan fingerprint density at radius 3 is 2.42 bits per heavy atom. The SMILES string of the molecule is CCC(NC(=O)CC[C@@H](C)[C@H]1CC[C@H]2[C@@H]3CCC4CCCC[C@]4(C)[C@H]3CC[C@]12C)S(=O)(=O)O. The Balaban J connectivity index is 1.38. The van der Waals surface area contributed by atoms with Crippen molar-refractivity contribution in [3.05, 3.63) is 0 Å². The van der Waals surface area contributed by atoms with E-state index in [1.807, 2.05) is 0 Å². The summed E-state index contributed by atoms with van der Waals surface area (Å²) in [6.45, 7) is 9.15. The molecule has 33 heavy (non-hydrogen) atoms. The minimum atomic E-state index is -4.25. The Kier molecular flexibility index (Phi) is 7.29. The zero-order valence-corrected chi connectivity index (χ0v) is 22.1. The fraction of sp³-hybridized carbons (Fsp3) is 0.963. The zero-order chi connectivity index (χ0) is 24.0. The summed E-state index contributed by atoms with van der Waals surface area (Å²) in [4.78, 5) is 12.4.